The summed E-state index contributed by atoms with van der Waals surface area (Å²) in [7, 11) is 0. The number of hydrogen-bond acceptors (Lipinski definition) is 6. The molecule has 0 fully saturated rings. The molecule has 0 aliphatic heterocycles. The Morgan fingerprint density at radius 3 is 1.75 bits per heavy atom. The molecule has 0 unspecified atom stereocenters. The second kappa shape index (κ2) is 12.4. The van der Waals surface area contributed by atoms with Crippen molar-refractivity contribution >= 4 is 5.97 Å². The highest BCUT2D eigenvalue weighted by Gasteiger charge is 1.93. The van der Waals surface area contributed by atoms with Crippen molar-refractivity contribution in [3.8, 4) is 0 Å². The lowest BCUT2D eigenvalue weighted by Gasteiger charge is -2.06. The van der Waals surface area contributed by atoms with Gasteiger partial charge in [0.05, 0.1) is 46.2 Å². The molecule has 0 aliphatic carbocycles. The molecule has 0 radical (unpaired) electrons. The standard InChI is InChI=1S/C10H20O6/c1-10(12)16-9-8-15-7-6-14-5-4-13-3-2-11/h11H,2-9H2,1H3. The number of carbonyl (C=O) groups is 1. The third-order valence-electron chi connectivity index (χ3n) is 1.51. The van der Waals surface area contributed by atoms with E-state index >= 15 is 0 Å². The van der Waals surface area contributed by atoms with Crippen LogP contribution in [0.15, 0.2) is 0 Å². The number of aliphatic hydroxyl groups excluding tert-OH is 1. The normalized spacial score (nSPS) is 10.4. The minimum atomic E-state index is -0.305. The highest BCUT2D eigenvalue weighted by atomic mass is 16.6. The molecular formula is C10H20O6. The van der Waals surface area contributed by atoms with Crippen molar-refractivity contribution < 1.29 is 28.8 Å². The number of aliphatic hydroxyl groups is 1. The van der Waals surface area contributed by atoms with E-state index in [1.54, 1.807) is 0 Å². The molecule has 0 aromatic rings. The second-order valence-corrected chi connectivity index (χ2v) is 2.90. The molecule has 0 saturated heterocycles. The monoisotopic (exact) mass is 236 g/mol. The smallest absolute Gasteiger partial charge is 0.302 e. The maximum atomic E-state index is 10.4. The first-order valence-electron chi connectivity index (χ1n) is 5.25. The van der Waals surface area contributed by atoms with Gasteiger partial charge in [-0.15, -0.1) is 0 Å². The van der Waals surface area contributed by atoms with Crippen LogP contribution in [0.5, 0.6) is 0 Å². The van der Waals surface area contributed by atoms with E-state index < -0.39 is 0 Å². The Hall–Kier alpha value is -0.690. The van der Waals surface area contributed by atoms with E-state index in [2.05, 4.69) is 4.74 Å². The average Bonchev–Trinajstić information content (AvgIpc) is 2.25. The molecule has 0 aromatic heterocycles. The van der Waals surface area contributed by atoms with Crippen LogP contribution in [0.3, 0.4) is 0 Å². The van der Waals surface area contributed by atoms with Crippen molar-refractivity contribution in [1.82, 2.24) is 0 Å². The van der Waals surface area contributed by atoms with Crippen LogP contribution in [0.2, 0.25) is 0 Å². The molecule has 0 rings (SSSR count). The van der Waals surface area contributed by atoms with E-state index in [0.29, 0.717) is 39.6 Å². The van der Waals surface area contributed by atoms with Crippen LogP contribution in [0.25, 0.3) is 0 Å². The maximum Gasteiger partial charge on any atom is 0.302 e. The van der Waals surface area contributed by atoms with Crippen LogP contribution in [-0.2, 0) is 23.7 Å². The quantitative estimate of drug-likeness (QED) is 0.388. The molecule has 16 heavy (non-hydrogen) atoms. The van der Waals surface area contributed by atoms with Crippen molar-refractivity contribution in [1.29, 1.82) is 0 Å². The zero-order valence-corrected chi connectivity index (χ0v) is 9.65. The van der Waals surface area contributed by atoms with Gasteiger partial charge in [-0.1, -0.05) is 0 Å². The third kappa shape index (κ3) is 13.3. The molecule has 0 spiro atoms. The summed E-state index contributed by atoms with van der Waals surface area (Å²) in [5.74, 6) is -0.305. The minimum Gasteiger partial charge on any atom is -0.463 e. The summed E-state index contributed by atoms with van der Waals surface area (Å²) in [5, 5.41) is 8.41. The van der Waals surface area contributed by atoms with Crippen LogP contribution in [0.1, 0.15) is 6.92 Å². The largest absolute Gasteiger partial charge is 0.463 e. The second-order valence-electron chi connectivity index (χ2n) is 2.90. The topological polar surface area (TPSA) is 74.2 Å². The molecule has 96 valence electrons. The average molecular weight is 236 g/mol. The number of hydrogen-bond donors (Lipinski definition) is 1. The molecule has 6 nitrogen and oxygen atoms in total. The maximum absolute atomic E-state index is 10.4. The van der Waals surface area contributed by atoms with E-state index in [0.717, 1.165) is 0 Å². The first-order chi connectivity index (χ1) is 7.77. The van der Waals surface area contributed by atoms with Gasteiger partial charge < -0.3 is 24.1 Å². The van der Waals surface area contributed by atoms with Gasteiger partial charge in [0.25, 0.3) is 0 Å². The van der Waals surface area contributed by atoms with Gasteiger partial charge in [0.1, 0.15) is 6.61 Å². The summed E-state index contributed by atoms with van der Waals surface area (Å²) in [6.45, 7) is 4.25. The molecule has 0 aliphatic rings. The van der Waals surface area contributed by atoms with Crippen molar-refractivity contribution in [2.75, 3.05) is 52.9 Å². The van der Waals surface area contributed by atoms with Crippen molar-refractivity contribution in [3.05, 3.63) is 0 Å². The molecule has 0 bridgehead atoms. The van der Waals surface area contributed by atoms with Crippen LogP contribution < -0.4 is 0 Å². The molecule has 1 N–H and O–H groups in total. The SMILES string of the molecule is CC(=O)OCCOCCOCCOCCO. The van der Waals surface area contributed by atoms with Gasteiger partial charge in [-0.05, 0) is 0 Å². The fourth-order valence-corrected chi connectivity index (χ4v) is 0.851. The molecule has 0 atom stereocenters. The Labute approximate surface area is 95.4 Å². The summed E-state index contributed by atoms with van der Waals surface area (Å²) in [6, 6.07) is 0. The summed E-state index contributed by atoms with van der Waals surface area (Å²) in [5.41, 5.74) is 0. The van der Waals surface area contributed by atoms with Crippen molar-refractivity contribution in [2.45, 2.75) is 6.92 Å². The molecule has 0 heterocycles. The van der Waals surface area contributed by atoms with Gasteiger partial charge in [0, 0.05) is 6.92 Å². The minimum absolute atomic E-state index is 0.0270. The number of esters is 1. The van der Waals surface area contributed by atoms with E-state index in [9.17, 15) is 4.79 Å². The van der Waals surface area contributed by atoms with Crippen LogP contribution in [0, 0.1) is 0 Å². The number of rotatable bonds is 11. The van der Waals surface area contributed by atoms with Gasteiger partial charge in [-0.25, -0.2) is 0 Å². The van der Waals surface area contributed by atoms with E-state index in [-0.39, 0.29) is 19.2 Å². The summed E-state index contributed by atoms with van der Waals surface area (Å²) >= 11 is 0. The molecule has 0 amide bonds. The highest BCUT2D eigenvalue weighted by Crippen LogP contribution is 1.82. The van der Waals surface area contributed by atoms with Crippen LogP contribution >= 0.6 is 0 Å². The first kappa shape index (κ1) is 15.3. The Bertz CT molecular complexity index is 161. The molecule has 0 aromatic carbocycles. The van der Waals surface area contributed by atoms with E-state index in [4.69, 9.17) is 19.3 Å². The van der Waals surface area contributed by atoms with Gasteiger partial charge >= 0.3 is 5.97 Å². The lowest BCUT2D eigenvalue weighted by molar-refractivity contribution is -0.142. The zero-order valence-electron chi connectivity index (χ0n) is 9.65. The Morgan fingerprint density at radius 1 is 0.875 bits per heavy atom. The van der Waals surface area contributed by atoms with E-state index in [1.807, 2.05) is 0 Å². The fourth-order valence-electron chi connectivity index (χ4n) is 0.851. The van der Waals surface area contributed by atoms with Gasteiger partial charge in [0.15, 0.2) is 0 Å². The third-order valence-corrected chi connectivity index (χ3v) is 1.51. The predicted octanol–water partition coefficient (Wildman–Crippen LogP) is -0.408. The Morgan fingerprint density at radius 2 is 1.31 bits per heavy atom. The molecular weight excluding hydrogens is 216 g/mol. The Kier molecular flexibility index (Phi) is 11.8. The zero-order chi connectivity index (χ0) is 12.1. The lowest BCUT2D eigenvalue weighted by atomic mass is 10.7. The summed E-state index contributed by atoms with van der Waals surface area (Å²) < 4.78 is 19.9. The number of ether oxygens (including phenoxy) is 4. The summed E-state index contributed by atoms with van der Waals surface area (Å²) in [4.78, 5) is 10.4. The Balaban J connectivity index is 2.90. The van der Waals surface area contributed by atoms with Gasteiger partial charge in [-0.2, -0.15) is 0 Å². The highest BCUT2D eigenvalue weighted by molar-refractivity contribution is 5.65. The van der Waals surface area contributed by atoms with Crippen LogP contribution in [0.4, 0.5) is 0 Å². The van der Waals surface area contributed by atoms with Crippen LogP contribution in [-0.4, -0.2) is 63.9 Å². The fraction of sp³-hybridized carbons (Fsp3) is 0.900. The van der Waals surface area contributed by atoms with Gasteiger partial charge in [-0.3, -0.25) is 4.79 Å². The van der Waals surface area contributed by atoms with Crippen molar-refractivity contribution in [2.24, 2.45) is 0 Å². The van der Waals surface area contributed by atoms with Gasteiger partial charge in [0.2, 0.25) is 0 Å². The predicted molar refractivity (Wildman–Crippen MR) is 56.2 cm³/mol. The lowest BCUT2D eigenvalue weighted by Crippen LogP contribution is -2.13. The van der Waals surface area contributed by atoms with Crippen molar-refractivity contribution in [3.63, 3.8) is 0 Å². The summed E-state index contributed by atoms with van der Waals surface area (Å²) in [6.07, 6.45) is 0. The first-order valence-corrected chi connectivity index (χ1v) is 5.25. The molecule has 6 heteroatoms. The number of carbonyl (C=O) groups excluding carboxylic acids is 1. The van der Waals surface area contributed by atoms with E-state index in [1.165, 1.54) is 6.92 Å². The molecule has 0 saturated carbocycles.